The van der Waals surface area contributed by atoms with Gasteiger partial charge >= 0.3 is 0 Å². The van der Waals surface area contributed by atoms with E-state index in [-0.39, 0.29) is 23.9 Å². The number of carbonyl (C=O) groups excluding carboxylic acids is 2. The summed E-state index contributed by atoms with van der Waals surface area (Å²) < 4.78 is 38.8. The van der Waals surface area contributed by atoms with Crippen LogP contribution in [0.1, 0.15) is 55.2 Å². The summed E-state index contributed by atoms with van der Waals surface area (Å²) >= 11 is 14.2. The van der Waals surface area contributed by atoms with Crippen molar-refractivity contribution in [2.45, 2.75) is 70.2 Å². The van der Waals surface area contributed by atoms with Gasteiger partial charge in [0.25, 0.3) is 0 Å². The Morgan fingerprint density at radius 2 is 1.63 bits per heavy atom. The number of benzene rings is 4. The Bertz CT molecular complexity index is 2470. The van der Waals surface area contributed by atoms with Crippen LogP contribution < -0.4 is 24.8 Å². The van der Waals surface area contributed by atoms with Crippen LogP contribution in [0.4, 0.5) is 0 Å². The first-order valence-corrected chi connectivity index (χ1v) is 22.4. The molecule has 5 aromatic rings. The minimum atomic E-state index is -3.58. The lowest BCUT2D eigenvalue weighted by Gasteiger charge is -2.34. The zero-order valence-electron chi connectivity index (χ0n) is 33.7. The third-order valence-electron chi connectivity index (χ3n) is 11.5. The number of carbonyl (C=O) groups is 2. The number of nitrogens with zero attached hydrogens (tertiary/aromatic N) is 3. The molecule has 1 atom stereocenters. The monoisotopic (exact) mass is 860 g/mol. The van der Waals surface area contributed by atoms with Gasteiger partial charge in [-0.05, 0) is 80.1 Å². The maximum Gasteiger partial charge on any atom is 0.236 e. The van der Waals surface area contributed by atoms with Gasteiger partial charge in [-0.25, -0.2) is 8.42 Å². The molecular formula is C44H50Cl2N6O6S. The molecule has 4 aromatic carbocycles. The molecule has 0 radical (unpaired) electrons. The fraction of sp³-hybridized carbons (Fsp3) is 0.386. The van der Waals surface area contributed by atoms with Gasteiger partial charge in [0.1, 0.15) is 11.5 Å². The SMILES string of the molecule is COc1cc(-c2cccc(-c3cccc4c3cnn4Cc3cc(OC)c(CN(C)C4CCC(C(=O)NS(C)(=O)=O)CC4)cc3Cl)c2Cl)ccc1CNC[C@@H]1CCC(=O)N1. The molecule has 1 aliphatic heterocycles. The van der Waals surface area contributed by atoms with E-state index in [1.807, 2.05) is 72.5 Å². The Labute approximate surface area is 355 Å². The van der Waals surface area contributed by atoms with Crippen molar-refractivity contribution in [3.63, 3.8) is 0 Å². The predicted molar refractivity (Wildman–Crippen MR) is 232 cm³/mol. The molecule has 1 saturated heterocycles. The van der Waals surface area contributed by atoms with E-state index in [2.05, 4.69) is 32.4 Å². The van der Waals surface area contributed by atoms with Gasteiger partial charge in [0.2, 0.25) is 21.8 Å². The van der Waals surface area contributed by atoms with E-state index < -0.39 is 15.9 Å². The smallest absolute Gasteiger partial charge is 0.236 e. The fourth-order valence-electron chi connectivity index (χ4n) is 8.37. The van der Waals surface area contributed by atoms with Crippen LogP contribution in [0.25, 0.3) is 33.2 Å². The zero-order chi connectivity index (χ0) is 41.8. The summed E-state index contributed by atoms with van der Waals surface area (Å²) in [6.07, 6.45) is 7.09. The van der Waals surface area contributed by atoms with Crippen LogP contribution in [-0.4, -0.2) is 81.1 Å². The predicted octanol–water partition coefficient (Wildman–Crippen LogP) is 7.18. The topological polar surface area (TPSA) is 144 Å². The lowest BCUT2D eigenvalue weighted by molar-refractivity contribution is -0.124. The van der Waals surface area contributed by atoms with E-state index >= 15 is 0 Å². The molecule has 2 fully saturated rings. The van der Waals surface area contributed by atoms with E-state index in [1.165, 1.54) is 0 Å². The third-order valence-corrected chi connectivity index (χ3v) is 12.9. The lowest BCUT2D eigenvalue weighted by Crippen LogP contribution is -2.40. The van der Waals surface area contributed by atoms with Gasteiger partial charge in [0.15, 0.2) is 0 Å². The van der Waals surface area contributed by atoms with Crippen molar-refractivity contribution in [3.8, 4) is 33.8 Å². The highest BCUT2D eigenvalue weighted by Crippen LogP contribution is 2.41. The second-order valence-electron chi connectivity index (χ2n) is 15.6. The quantitative estimate of drug-likeness (QED) is 0.0998. The van der Waals surface area contributed by atoms with E-state index in [9.17, 15) is 18.0 Å². The molecule has 1 saturated carbocycles. The summed E-state index contributed by atoms with van der Waals surface area (Å²) in [5, 5.41) is 13.4. The first kappa shape index (κ1) is 42.5. The number of fused-ring (bicyclic) bond motifs is 1. The number of sulfonamides is 1. The van der Waals surface area contributed by atoms with Crippen molar-refractivity contribution < 1.29 is 27.5 Å². The molecule has 1 aliphatic carbocycles. The van der Waals surface area contributed by atoms with E-state index in [1.54, 1.807) is 14.2 Å². The number of methoxy groups -OCH3 is 2. The maximum absolute atomic E-state index is 12.4. The number of hydrogen-bond acceptors (Lipinski definition) is 9. The van der Waals surface area contributed by atoms with Crippen molar-refractivity contribution in [2.24, 2.45) is 5.92 Å². The molecule has 3 N–H and O–H groups in total. The maximum atomic E-state index is 12.4. The van der Waals surface area contributed by atoms with Crippen LogP contribution in [0.15, 0.2) is 72.9 Å². The molecule has 15 heteroatoms. The van der Waals surface area contributed by atoms with E-state index in [4.69, 9.17) is 37.8 Å². The number of nitrogens with one attached hydrogen (secondary N) is 3. The summed E-state index contributed by atoms with van der Waals surface area (Å²) in [5.74, 6) is 0.851. The molecule has 2 aliphatic rings. The van der Waals surface area contributed by atoms with Gasteiger partial charge in [-0.3, -0.25) is 23.9 Å². The molecule has 0 bridgehead atoms. The van der Waals surface area contributed by atoms with Crippen LogP contribution in [0.2, 0.25) is 10.0 Å². The molecule has 0 spiro atoms. The largest absolute Gasteiger partial charge is 0.496 e. The summed E-state index contributed by atoms with van der Waals surface area (Å²) in [5.41, 5.74) is 7.42. The fourth-order valence-corrected chi connectivity index (χ4v) is 9.49. The van der Waals surface area contributed by atoms with Crippen LogP contribution in [0.3, 0.4) is 0 Å². The number of ether oxygens (including phenoxy) is 2. The highest BCUT2D eigenvalue weighted by atomic mass is 35.5. The second kappa shape index (κ2) is 18.3. The summed E-state index contributed by atoms with van der Waals surface area (Å²) in [7, 11) is 1.79. The Kier molecular flexibility index (Phi) is 13.2. The number of rotatable bonds is 15. The first-order chi connectivity index (χ1) is 28.3. The number of aromatic nitrogens is 2. The molecule has 0 unspecified atom stereocenters. The summed E-state index contributed by atoms with van der Waals surface area (Å²) in [6, 6.07) is 22.6. The lowest BCUT2D eigenvalue weighted by atomic mass is 9.85. The molecule has 1 aromatic heterocycles. The standard InChI is InChI=1S/C44H50Cl2N6O6S/c1-51(33-16-13-27(14-17-33)44(54)50-59(4,55)56)25-31-19-38(45)30(21-41(31)58-3)26-52-39-10-6-8-35(37(39)24-48-52)36-9-5-7-34(43(36)46)28-11-12-29(40(20-28)57-2)22-47-23-32-15-18-42(53)49-32/h5-12,19-21,24,27,32-33,47H,13-18,22-23,25-26H2,1-4H3,(H,49,53)(H,50,54)/t27?,32-,33?/m0/s1. The number of halogens is 2. The molecule has 2 amide bonds. The molecule has 59 heavy (non-hydrogen) atoms. The average molecular weight is 862 g/mol. The number of amides is 2. The van der Waals surface area contributed by atoms with Gasteiger partial charge in [0, 0.05) is 76.7 Å². The Hall–Kier alpha value is -4.66. The summed E-state index contributed by atoms with van der Waals surface area (Å²) in [6.45, 7) is 2.32. The van der Waals surface area contributed by atoms with Crippen LogP contribution in [-0.2, 0) is 39.2 Å². The van der Waals surface area contributed by atoms with Crippen molar-refractivity contribution in [1.82, 2.24) is 30.0 Å². The van der Waals surface area contributed by atoms with Gasteiger partial charge in [-0.1, -0.05) is 65.7 Å². The molecule has 312 valence electrons. The molecule has 2 heterocycles. The average Bonchev–Trinajstić information content (AvgIpc) is 3.83. The highest BCUT2D eigenvalue weighted by Gasteiger charge is 2.30. The number of hydrogen-bond donors (Lipinski definition) is 3. The minimum absolute atomic E-state index is 0.106. The van der Waals surface area contributed by atoms with Crippen molar-refractivity contribution in [3.05, 3.63) is 99.7 Å². The normalized spacial score (nSPS) is 18.3. The zero-order valence-corrected chi connectivity index (χ0v) is 36.0. The minimum Gasteiger partial charge on any atom is -0.496 e. The molecule has 7 rings (SSSR count). The van der Waals surface area contributed by atoms with Gasteiger partial charge in [-0.15, -0.1) is 0 Å². The van der Waals surface area contributed by atoms with Crippen molar-refractivity contribution >= 4 is 55.9 Å². The first-order valence-electron chi connectivity index (χ1n) is 19.8. The molecular weight excluding hydrogens is 811 g/mol. The Morgan fingerprint density at radius 3 is 2.34 bits per heavy atom. The van der Waals surface area contributed by atoms with Gasteiger partial charge < -0.3 is 20.1 Å². The summed E-state index contributed by atoms with van der Waals surface area (Å²) in [4.78, 5) is 26.2. The van der Waals surface area contributed by atoms with Crippen molar-refractivity contribution in [2.75, 3.05) is 34.1 Å². The second-order valence-corrected chi connectivity index (χ2v) is 18.1. The van der Waals surface area contributed by atoms with Gasteiger partial charge in [0.05, 0.1) is 43.8 Å². The van der Waals surface area contributed by atoms with Gasteiger partial charge in [-0.2, -0.15) is 5.10 Å². The van der Waals surface area contributed by atoms with Crippen LogP contribution in [0.5, 0.6) is 11.5 Å². The van der Waals surface area contributed by atoms with Crippen molar-refractivity contribution in [1.29, 1.82) is 0 Å². The van der Waals surface area contributed by atoms with E-state index in [0.717, 1.165) is 86.9 Å². The van der Waals surface area contributed by atoms with Crippen LogP contribution in [0, 0.1) is 5.92 Å². The van der Waals surface area contributed by atoms with E-state index in [0.29, 0.717) is 55.5 Å². The highest BCUT2D eigenvalue weighted by molar-refractivity contribution is 7.89. The third kappa shape index (κ3) is 9.87. The Balaban J connectivity index is 1.05. The Morgan fingerprint density at radius 1 is 0.915 bits per heavy atom. The van der Waals surface area contributed by atoms with Crippen LogP contribution >= 0.6 is 23.2 Å². The molecule has 12 nitrogen and oxygen atoms in total.